The van der Waals surface area contributed by atoms with E-state index in [0.717, 1.165) is 13.8 Å². The Balaban J connectivity index is 1.51. The zero-order valence-electron chi connectivity index (χ0n) is 29.9. The Morgan fingerprint density at radius 1 is 0.870 bits per heavy atom. The molecule has 1 fully saturated rings. The third kappa shape index (κ3) is 4.75. The molecule has 1 saturated heterocycles. The van der Waals surface area contributed by atoms with Crippen molar-refractivity contribution in [1.29, 1.82) is 0 Å². The molecule has 5 aliphatic rings. The summed E-state index contributed by atoms with van der Waals surface area (Å²) in [4.78, 5) is 93.7. The van der Waals surface area contributed by atoms with Crippen molar-refractivity contribution in [3.63, 3.8) is 0 Å². The maximum absolute atomic E-state index is 15.0. The van der Waals surface area contributed by atoms with Crippen LogP contribution in [0.2, 0.25) is 0 Å². The summed E-state index contributed by atoms with van der Waals surface area (Å²) in [5, 5.41) is 58.0. The fourth-order valence-electron chi connectivity index (χ4n) is 9.92. The molecule has 286 valence electrons. The van der Waals surface area contributed by atoms with E-state index < -0.39 is 148 Å². The molecule has 2 heterocycles. The van der Waals surface area contributed by atoms with Gasteiger partial charge in [0.15, 0.2) is 22.8 Å². The van der Waals surface area contributed by atoms with Gasteiger partial charge in [-0.15, -0.1) is 0 Å². The maximum atomic E-state index is 15.0. The van der Waals surface area contributed by atoms with E-state index >= 15 is 0 Å². The Morgan fingerprint density at radius 3 is 2.13 bits per heavy atom. The first kappa shape index (κ1) is 37.1. The first-order valence-corrected chi connectivity index (χ1v) is 17.4. The van der Waals surface area contributed by atoms with E-state index in [4.69, 9.17) is 18.9 Å². The molecule has 5 N–H and O–H groups in total. The second kappa shape index (κ2) is 12.2. The molecule has 2 bridgehead atoms. The molecule has 0 saturated carbocycles. The van der Waals surface area contributed by atoms with E-state index in [1.54, 1.807) is 6.92 Å². The lowest BCUT2D eigenvalue weighted by Crippen LogP contribution is -2.71. The molecule has 54 heavy (non-hydrogen) atoms. The Bertz CT molecular complexity index is 2130. The second-order valence-electron chi connectivity index (χ2n) is 15.0. The van der Waals surface area contributed by atoms with Gasteiger partial charge in [0.1, 0.15) is 23.0 Å². The number of esters is 2. The van der Waals surface area contributed by atoms with Crippen LogP contribution in [0.4, 0.5) is 0 Å². The number of fused-ring (bicyclic) bond motifs is 10. The van der Waals surface area contributed by atoms with Gasteiger partial charge in [-0.3, -0.25) is 33.6 Å². The zero-order chi connectivity index (χ0) is 39.6. The molecule has 7 rings (SSSR count). The predicted octanol–water partition coefficient (Wildman–Crippen LogP) is 2.59. The van der Waals surface area contributed by atoms with Gasteiger partial charge in [-0.25, -0.2) is 0 Å². The molecular weight excluding hydrogens is 712 g/mol. The van der Waals surface area contributed by atoms with E-state index in [9.17, 15) is 59.1 Å². The summed E-state index contributed by atoms with van der Waals surface area (Å²) in [6, 6.07) is 1.48. The third-order valence-corrected chi connectivity index (χ3v) is 11.8. The van der Waals surface area contributed by atoms with Gasteiger partial charge in [0.2, 0.25) is 5.78 Å². The van der Waals surface area contributed by atoms with Crippen molar-refractivity contribution in [2.75, 3.05) is 7.11 Å². The lowest BCUT2D eigenvalue weighted by Gasteiger charge is -2.55. The van der Waals surface area contributed by atoms with E-state index in [1.165, 1.54) is 20.1 Å². The molecule has 0 unspecified atom stereocenters. The number of hydrogen-bond acceptors (Lipinski definition) is 15. The summed E-state index contributed by atoms with van der Waals surface area (Å²) in [6.45, 7) is 4.97. The number of aromatic hydroxyl groups is 3. The van der Waals surface area contributed by atoms with Crippen LogP contribution in [0.15, 0.2) is 6.07 Å². The van der Waals surface area contributed by atoms with Crippen molar-refractivity contribution < 1.29 is 78.0 Å². The van der Waals surface area contributed by atoms with Crippen LogP contribution in [0, 0.1) is 5.41 Å². The van der Waals surface area contributed by atoms with Crippen LogP contribution in [-0.2, 0) is 50.1 Å². The molecule has 16 heteroatoms. The Kier molecular flexibility index (Phi) is 8.36. The molecule has 8 atom stereocenters. The van der Waals surface area contributed by atoms with E-state index in [1.807, 2.05) is 0 Å². The van der Waals surface area contributed by atoms with Gasteiger partial charge >= 0.3 is 17.9 Å². The number of rotatable bonds is 7. The highest BCUT2D eigenvalue weighted by atomic mass is 16.6. The number of phenols is 3. The van der Waals surface area contributed by atoms with Crippen molar-refractivity contribution in [3.8, 4) is 17.2 Å². The summed E-state index contributed by atoms with van der Waals surface area (Å²) in [5.41, 5.74) is -9.63. The highest BCUT2D eigenvalue weighted by Gasteiger charge is 2.72. The van der Waals surface area contributed by atoms with Crippen LogP contribution in [0.5, 0.6) is 17.2 Å². The molecule has 16 nitrogen and oxygen atoms in total. The zero-order valence-corrected chi connectivity index (χ0v) is 29.9. The minimum absolute atomic E-state index is 0.0363. The van der Waals surface area contributed by atoms with Crippen molar-refractivity contribution in [3.05, 3.63) is 50.6 Å². The quantitative estimate of drug-likeness (QED) is 0.201. The number of carboxylic acids is 1. The van der Waals surface area contributed by atoms with Crippen molar-refractivity contribution in [2.45, 2.75) is 108 Å². The van der Waals surface area contributed by atoms with Crippen LogP contribution >= 0.6 is 0 Å². The Labute approximate surface area is 307 Å². The van der Waals surface area contributed by atoms with Crippen LogP contribution in [-0.4, -0.2) is 97.6 Å². The highest BCUT2D eigenvalue weighted by Crippen LogP contribution is 2.66. The second-order valence-corrected chi connectivity index (χ2v) is 15.0. The topological polar surface area (TPSA) is 258 Å². The minimum atomic E-state index is -2.85. The number of carbonyl (C=O) groups is 7. The van der Waals surface area contributed by atoms with E-state index in [0.29, 0.717) is 5.56 Å². The number of aliphatic carboxylic acids is 1. The number of ketones is 4. The lowest BCUT2D eigenvalue weighted by molar-refractivity contribution is -0.204. The summed E-state index contributed by atoms with van der Waals surface area (Å²) in [6.07, 6.45) is -7.04. The molecule has 0 radical (unpaired) electrons. The number of carbonyl (C=O) groups excluding carboxylic acids is 6. The number of phenolic OH excluding ortho intramolecular Hbond substituents is 3. The van der Waals surface area contributed by atoms with Crippen molar-refractivity contribution in [1.82, 2.24) is 0 Å². The molecule has 2 aromatic rings. The van der Waals surface area contributed by atoms with Crippen molar-refractivity contribution >= 4 is 41.0 Å². The smallest absolute Gasteiger partial charge is 0.308 e. The third-order valence-electron chi connectivity index (χ3n) is 11.8. The number of Topliss-reactive ketones (excluding diaryl/α,β-unsaturated/α-hetero) is 4. The molecule has 0 spiro atoms. The maximum Gasteiger partial charge on any atom is 0.308 e. The van der Waals surface area contributed by atoms with Crippen molar-refractivity contribution in [2.24, 2.45) is 5.41 Å². The number of benzene rings is 2. The molecular formula is C38H38O16. The standard InChI is InChI=1S/C38H38O16/c1-13(39)10-36-11-19(8-22(41)42)53-15(3)38(36,50)35(49)27-28(34(36)48)33(47)29-25(32(27)46)20-12-37(29,54-16(4)40)21-7-17-6-18(9-23(43)51-5)52-14(2)24(17)31(45)26(21)30(20)44/h7,14-15,18-20,45-47,50H,6,8-12H2,1-5H3,(H,41,42)/t14-,15-,18+,19+,20+,36-,37-,38-/m1/s1. The van der Waals surface area contributed by atoms with Gasteiger partial charge in [0.05, 0.1) is 78.0 Å². The van der Waals surface area contributed by atoms with Crippen LogP contribution in [0.25, 0.3) is 0 Å². The molecule has 0 amide bonds. The fourth-order valence-corrected chi connectivity index (χ4v) is 9.92. The highest BCUT2D eigenvalue weighted by molar-refractivity contribution is 6.25. The lowest BCUT2D eigenvalue weighted by atomic mass is 9.52. The minimum Gasteiger partial charge on any atom is -0.507 e. The largest absolute Gasteiger partial charge is 0.507 e. The van der Waals surface area contributed by atoms with E-state index in [-0.39, 0.29) is 35.1 Å². The number of carboxylic acid groups (broad SMARTS) is 1. The van der Waals surface area contributed by atoms with Gasteiger partial charge in [-0.05, 0) is 45.2 Å². The predicted molar refractivity (Wildman–Crippen MR) is 178 cm³/mol. The average molecular weight is 751 g/mol. The van der Waals surface area contributed by atoms with Crippen LogP contribution in [0.3, 0.4) is 0 Å². The molecule has 2 aromatic carbocycles. The van der Waals surface area contributed by atoms with Gasteiger partial charge in [-0.1, -0.05) is 0 Å². The molecule has 0 aromatic heterocycles. The number of hydrogen-bond donors (Lipinski definition) is 5. The Hall–Kier alpha value is -5.19. The summed E-state index contributed by atoms with van der Waals surface area (Å²) in [5.74, 6) is -10.7. The van der Waals surface area contributed by atoms with Crippen LogP contribution < -0.4 is 0 Å². The molecule has 2 aliphatic heterocycles. The summed E-state index contributed by atoms with van der Waals surface area (Å²) >= 11 is 0. The van der Waals surface area contributed by atoms with Gasteiger partial charge < -0.3 is 44.5 Å². The van der Waals surface area contributed by atoms with Gasteiger partial charge in [0.25, 0.3) is 0 Å². The average Bonchev–Trinajstić information content (AvgIpc) is 3.37. The van der Waals surface area contributed by atoms with Crippen LogP contribution in [0.1, 0.15) is 131 Å². The van der Waals surface area contributed by atoms with E-state index in [2.05, 4.69) is 0 Å². The number of methoxy groups -OCH3 is 1. The monoisotopic (exact) mass is 750 g/mol. The normalized spacial score (nSPS) is 31.7. The SMILES string of the molecule is COC(=O)C[C@@H]1Cc2cc3c(c(O)c2[C@@H](C)O1)C(=O)[C@H]1C[C@]3(OC(C)=O)c2c(O)c3c(c(O)c21)C(=O)[C@]1(O)[C@@H](C)O[C@@H](CC(=O)O)C[C@]1(CC(C)=O)C3=O. The summed E-state index contributed by atoms with van der Waals surface area (Å²) in [7, 11) is 1.21. The first-order chi connectivity index (χ1) is 25.2. The fraction of sp³-hybridized carbons (Fsp3) is 0.500. The Morgan fingerprint density at radius 2 is 1.52 bits per heavy atom. The molecule has 3 aliphatic carbocycles. The number of ether oxygens (including phenoxy) is 4. The summed E-state index contributed by atoms with van der Waals surface area (Å²) < 4.78 is 22.5. The number of aliphatic hydroxyl groups is 1. The first-order valence-electron chi connectivity index (χ1n) is 17.4. The van der Waals surface area contributed by atoms with Gasteiger partial charge in [0, 0.05) is 36.5 Å². The van der Waals surface area contributed by atoms with Gasteiger partial charge in [-0.2, -0.15) is 0 Å².